The number of benzene rings is 1. The Morgan fingerprint density at radius 2 is 2.25 bits per heavy atom. The monoisotopic (exact) mass is 353 g/mol. The van der Waals surface area contributed by atoms with Crippen LogP contribution in [0.1, 0.15) is 24.6 Å². The third-order valence-corrected chi connectivity index (χ3v) is 4.64. The van der Waals surface area contributed by atoms with Crippen LogP contribution in [-0.2, 0) is 12.2 Å². The number of hydrogen-bond donors (Lipinski definition) is 2. The summed E-state index contributed by atoms with van der Waals surface area (Å²) in [6, 6.07) is 7.32. The zero-order valence-corrected chi connectivity index (χ0v) is 13.6. The second kappa shape index (κ2) is 6.95. The third-order valence-electron chi connectivity index (χ3n) is 2.75. The largest absolute Gasteiger partial charge is 0.398 e. The molecule has 0 spiro atoms. The maximum absolute atomic E-state index is 11.6. The lowest BCUT2D eigenvalue weighted by atomic mass is 10.2. The first-order valence-electron chi connectivity index (χ1n) is 6.36. The standard InChI is InChI=1S/C14H16BrN3OS/c1-2-4-10-7-12(19)18-14(17-10)20-8-9-5-3-6-11(16)13(9)15/h3,5-7H,2,4,8,16H2,1H3,(H,17,18,19). The average molecular weight is 354 g/mol. The van der Waals surface area contributed by atoms with Crippen LogP contribution in [-0.4, -0.2) is 9.97 Å². The van der Waals surface area contributed by atoms with Gasteiger partial charge in [-0.2, -0.15) is 0 Å². The predicted octanol–water partition coefficient (Wildman–Crippen LogP) is 3.36. The van der Waals surface area contributed by atoms with Gasteiger partial charge in [0.25, 0.3) is 5.56 Å². The highest BCUT2D eigenvalue weighted by Crippen LogP contribution is 2.28. The van der Waals surface area contributed by atoms with Gasteiger partial charge in [0.15, 0.2) is 5.16 Å². The van der Waals surface area contributed by atoms with Gasteiger partial charge in [-0.15, -0.1) is 0 Å². The second-order valence-electron chi connectivity index (χ2n) is 4.40. The molecule has 0 amide bonds. The number of anilines is 1. The molecular weight excluding hydrogens is 338 g/mol. The quantitative estimate of drug-likeness (QED) is 0.491. The lowest BCUT2D eigenvalue weighted by Crippen LogP contribution is -2.10. The van der Waals surface area contributed by atoms with Crippen molar-refractivity contribution in [3.05, 3.63) is 50.3 Å². The van der Waals surface area contributed by atoms with E-state index in [0.29, 0.717) is 16.6 Å². The summed E-state index contributed by atoms with van der Waals surface area (Å²) < 4.78 is 0.902. The van der Waals surface area contributed by atoms with Crippen molar-refractivity contribution in [2.45, 2.75) is 30.7 Å². The van der Waals surface area contributed by atoms with Crippen LogP contribution in [0.5, 0.6) is 0 Å². The highest BCUT2D eigenvalue weighted by atomic mass is 79.9. The summed E-state index contributed by atoms with van der Waals surface area (Å²) in [5, 5.41) is 0.648. The molecule has 0 radical (unpaired) electrons. The van der Waals surface area contributed by atoms with Gasteiger partial charge in [0.1, 0.15) is 0 Å². The lowest BCUT2D eigenvalue weighted by molar-refractivity contribution is 0.816. The number of H-pyrrole nitrogens is 1. The molecule has 1 aromatic heterocycles. The fraction of sp³-hybridized carbons (Fsp3) is 0.286. The van der Waals surface area contributed by atoms with Crippen molar-refractivity contribution >= 4 is 33.4 Å². The van der Waals surface area contributed by atoms with Crippen molar-refractivity contribution in [3.63, 3.8) is 0 Å². The summed E-state index contributed by atoms with van der Waals surface area (Å²) in [5.74, 6) is 0.699. The lowest BCUT2D eigenvalue weighted by Gasteiger charge is -2.07. The molecule has 0 saturated heterocycles. The molecule has 0 fully saturated rings. The normalized spacial score (nSPS) is 10.7. The number of nitrogens with two attached hydrogens (primary N) is 1. The highest BCUT2D eigenvalue weighted by molar-refractivity contribution is 9.10. The molecular formula is C14H16BrN3OS. The van der Waals surface area contributed by atoms with E-state index in [9.17, 15) is 4.79 Å². The van der Waals surface area contributed by atoms with Gasteiger partial charge in [0.05, 0.1) is 0 Å². The molecule has 106 valence electrons. The van der Waals surface area contributed by atoms with Gasteiger partial charge in [-0.25, -0.2) is 4.98 Å². The third kappa shape index (κ3) is 3.86. The molecule has 0 unspecified atom stereocenters. The van der Waals surface area contributed by atoms with Crippen LogP contribution in [0.4, 0.5) is 5.69 Å². The minimum atomic E-state index is -0.0995. The van der Waals surface area contributed by atoms with Crippen LogP contribution in [0, 0.1) is 0 Å². The minimum absolute atomic E-state index is 0.0995. The van der Waals surface area contributed by atoms with E-state index in [2.05, 4.69) is 32.8 Å². The van der Waals surface area contributed by atoms with Gasteiger partial charge >= 0.3 is 0 Å². The van der Waals surface area contributed by atoms with Gasteiger partial charge in [0, 0.05) is 27.7 Å². The highest BCUT2D eigenvalue weighted by Gasteiger charge is 2.06. The Bertz CT molecular complexity index is 657. The fourth-order valence-electron chi connectivity index (χ4n) is 1.79. The Morgan fingerprint density at radius 1 is 1.45 bits per heavy atom. The SMILES string of the molecule is CCCc1cc(=O)[nH]c(SCc2cccc(N)c2Br)n1. The smallest absolute Gasteiger partial charge is 0.251 e. The van der Waals surface area contributed by atoms with Crippen molar-refractivity contribution in [1.82, 2.24) is 9.97 Å². The summed E-state index contributed by atoms with van der Waals surface area (Å²) in [7, 11) is 0. The summed E-state index contributed by atoms with van der Waals surface area (Å²) in [6.07, 6.45) is 1.79. The number of thioether (sulfide) groups is 1. The van der Waals surface area contributed by atoms with Gasteiger partial charge in [-0.05, 0) is 34.0 Å². The van der Waals surface area contributed by atoms with Crippen molar-refractivity contribution < 1.29 is 0 Å². The van der Waals surface area contributed by atoms with Gasteiger partial charge in [-0.3, -0.25) is 4.79 Å². The Kier molecular flexibility index (Phi) is 5.25. The molecule has 0 bridgehead atoms. The first-order valence-corrected chi connectivity index (χ1v) is 8.14. The fourth-order valence-corrected chi connectivity index (χ4v) is 3.27. The van der Waals surface area contributed by atoms with E-state index in [-0.39, 0.29) is 5.56 Å². The molecule has 2 rings (SSSR count). The maximum atomic E-state index is 11.6. The number of rotatable bonds is 5. The summed E-state index contributed by atoms with van der Waals surface area (Å²) in [6.45, 7) is 2.07. The van der Waals surface area contributed by atoms with Crippen molar-refractivity contribution in [3.8, 4) is 0 Å². The molecule has 1 heterocycles. The van der Waals surface area contributed by atoms with Gasteiger partial charge < -0.3 is 10.7 Å². The van der Waals surface area contributed by atoms with E-state index >= 15 is 0 Å². The van der Waals surface area contributed by atoms with E-state index in [0.717, 1.165) is 28.6 Å². The summed E-state index contributed by atoms with van der Waals surface area (Å²) in [4.78, 5) is 18.8. The van der Waals surface area contributed by atoms with E-state index in [1.165, 1.54) is 11.8 Å². The Balaban J connectivity index is 2.14. The van der Waals surface area contributed by atoms with Crippen molar-refractivity contribution in [2.75, 3.05) is 5.73 Å². The Hall–Kier alpha value is -1.27. The number of nitrogens with one attached hydrogen (secondary N) is 1. The maximum Gasteiger partial charge on any atom is 0.251 e. The van der Waals surface area contributed by atoms with Gasteiger partial charge in [-0.1, -0.05) is 37.2 Å². The molecule has 0 saturated carbocycles. The summed E-state index contributed by atoms with van der Waals surface area (Å²) in [5.41, 5.74) is 8.38. The Labute approximate surface area is 130 Å². The van der Waals surface area contributed by atoms with Crippen LogP contribution in [0.2, 0.25) is 0 Å². The number of halogens is 1. The number of aryl methyl sites for hydroxylation is 1. The van der Waals surface area contributed by atoms with E-state index in [1.807, 2.05) is 18.2 Å². The molecule has 0 aliphatic rings. The van der Waals surface area contributed by atoms with E-state index in [1.54, 1.807) is 6.07 Å². The molecule has 6 heteroatoms. The summed E-state index contributed by atoms with van der Waals surface area (Å²) >= 11 is 4.98. The van der Waals surface area contributed by atoms with E-state index in [4.69, 9.17) is 5.73 Å². The first kappa shape index (κ1) is 15.1. The zero-order chi connectivity index (χ0) is 14.5. The molecule has 4 nitrogen and oxygen atoms in total. The molecule has 1 aromatic carbocycles. The number of nitrogen functional groups attached to an aromatic ring is 1. The average Bonchev–Trinajstić information content (AvgIpc) is 2.40. The predicted molar refractivity (Wildman–Crippen MR) is 87.0 cm³/mol. The van der Waals surface area contributed by atoms with Gasteiger partial charge in [0.2, 0.25) is 0 Å². The molecule has 0 aliphatic carbocycles. The van der Waals surface area contributed by atoms with Crippen molar-refractivity contribution in [1.29, 1.82) is 0 Å². The second-order valence-corrected chi connectivity index (χ2v) is 6.16. The Morgan fingerprint density at radius 3 is 3.00 bits per heavy atom. The minimum Gasteiger partial charge on any atom is -0.398 e. The number of aromatic nitrogens is 2. The molecule has 20 heavy (non-hydrogen) atoms. The van der Waals surface area contributed by atoms with Crippen LogP contribution < -0.4 is 11.3 Å². The van der Waals surface area contributed by atoms with Crippen LogP contribution >= 0.6 is 27.7 Å². The van der Waals surface area contributed by atoms with Crippen LogP contribution in [0.3, 0.4) is 0 Å². The topological polar surface area (TPSA) is 71.8 Å². The molecule has 2 aromatic rings. The number of nitrogens with zero attached hydrogens (tertiary/aromatic N) is 1. The van der Waals surface area contributed by atoms with Crippen LogP contribution in [0.15, 0.2) is 38.7 Å². The first-order chi connectivity index (χ1) is 9.60. The molecule has 0 aliphatic heterocycles. The molecule has 0 atom stereocenters. The van der Waals surface area contributed by atoms with Crippen molar-refractivity contribution in [2.24, 2.45) is 0 Å². The number of aromatic amines is 1. The molecule has 3 N–H and O–H groups in total. The van der Waals surface area contributed by atoms with E-state index < -0.39 is 0 Å². The van der Waals surface area contributed by atoms with Crippen LogP contribution in [0.25, 0.3) is 0 Å². The number of hydrogen-bond acceptors (Lipinski definition) is 4. The zero-order valence-electron chi connectivity index (χ0n) is 11.1.